The quantitative estimate of drug-likeness (QED) is 0.450. The van der Waals surface area contributed by atoms with E-state index < -0.39 is 0 Å². The average Bonchev–Trinajstić information content (AvgIpc) is 3.08. The van der Waals surface area contributed by atoms with E-state index in [1.807, 2.05) is 63.2 Å². The first-order valence-corrected chi connectivity index (χ1v) is 9.25. The van der Waals surface area contributed by atoms with Gasteiger partial charge in [0.1, 0.15) is 5.75 Å². The maximum atomic E-state index is 12.3. The van der Waals surface area contributed by atoms with Crippen LogP contribution in [0, 0.1) is 20.8 Å². The molecule has 0 aliphatic rings. The molecule has 0 amide bonds. The topological polar surface area (TPSA) is 65.2 Å². The van der Waals surface area contributed by atoms with Gasteiger partial charge in [-0.2, -0.15) is 0 Å². The summed E-state index contributed by atoms with van der Waals surface area (Å²) in [7, 11) is 0. The lowest BCUT2D eigenvalue weighted by Gasteiger charge is -2.04. The van der Waals surface area contributed by atoms with Crippen LogP contribution in [0.3, 0.4) is 0 Å². The third kappa shape index (κ3) is 4.73. The Labute approximate surface area is 156 Å². The summed E-state index contributed by atoms with van der Waals surface area (Å²) in [5.41, 5.74) is 4.09. The van der Waals surface area contributed by atoms with Gasteiger partial charge in [-0.1, -0.05) is 36.0 Å². The maximum absolute atomic E-state index is 12.3. The van der Waals surface area contributed by atoms with E-state index in [9.17, 15) is 4.79 Å². The van der Waals surface area contributed by atoms with Crippen molar-refractivity contribution in [3.8, 4) is 5.75 Å². The Kier molecular flexibility index (Phi) is 5.73. The molecule has 0 radical (unpaired) electrons. The minimum Gasteiger partial charge on any atom is -0.484 e. The van der Waals surface area contributed by atoms with E-state index in [1.165, 1.54) is 17.3 Å². The first-order chi connectivity index (χ1) is 12.5. The SMILES string of the molecule is Cc1cccc(OCc2nnc(SCC(=O)c3ccc(C)c(C)c3)o2)c1. The third-order valence-electron chi connectivity index (χ3n) is 3.96. The summed E-state index contributed by atoms with van der Waals surface area (Å²) in [6.45, 7) is 6.22. The minimum absolute atomic E-state index is 0.0360. The summed E-state index contributed by atoms with van der Waals surface area (Å²) in [6.07, 6.45) is 0. The number of nitrogens with zero attached hydrogens (tertiary/aromatic N) is 2. The predicted octanol–water partition coefficient (Wildman–Crippen LogP) is 4.55. The molecule has 1 heterocycles. The Morgan fingerprint density at radius 2 is 1.92 bits per heavy atom. The standard InChI is InChI=1S/C20H20N2O3S/c1-13-5-4-6-17(9-13)24-11-19-21-22-20(25-19)26-12-18(23)16-8-7-14(2)15(3)10-16/h4-10H,11-12H2,1-3H3. The highest BCUT2D eigenvalue weighted by Gasteiger charge is 2.12. The van der Waals surface area contributed by atoms with Crippen LogP contribution in [0.25, 0.3) is 0 Å². The smallest absolute Gasteiger partial charge is 0.277 e. The van der Waals surface area contributed by atoms with Crippen molar-refractivity contribution in [2.45, 2.75) is 32.6 Å². The molecule has 0 atom stereocenters. The zero-order valence-electron chi connectivity index (χ0n) is 15.0. The summed E-state index contributed by atoms with van der Waals surface area (Å²) in [5.74, 6) is 1.42. The average molecular weight is 368 g/mol. The molecule has 0 unspecified atom stereocenters. The molecule has 26 heavy (non-hydrogen) atoms. The lowest BCUT2D eigenvalue weighted by molar-refractivity contribution is 0.102. The van der Waals surface area contributed by atoms with Crippen LogP contribution in [0.4, 0.5) is 0 Å². The van der Waals surface area contributed by atoms with Crippen molar-refractivity contribution in [2.75, 3.05) is 5.75 Å². The molecule has 0 aliphatic carbocycles. The second-order valence-electron chi connectivity index (χ2n) is 6.08. The second kappa shape index (κ2) is 8.19. The molecule has 1 aromatic heterocycles. The molecule has 6 heteroatoms. The molecule has 3 rings (SSSR count). The van der Waals surface area contributed by atoms with Crippen LogP contribution in [0.5, 0.6) is 5.75 Å². The number of hydrogen-bond donors (Lipinski definition) is 0. The third-order valence-corrected chi connectivity index (χ3v) is 4.77. The van der Waals surface area contributed by atoms with Crippen LogP contribution in [0.15, 0.2) is 52.1 Å². The Hall–Kier alpha value is -2.60. The zero-order chi connectivity index (χ0) is 18.5. The number of carbonyl (C=O) groups is 1. The van der Waals surface area contributed by atoms with Crippen LogP contribution in [-0.4, -0.2) is 21.7 Å². The van der Waals surface area contributed by atoms with Crippen LogP contribution >= 0.6 is 11.8 Å². The number of ketones is 1. The molecular formula is C20H20N2O3S. The first-order valence-electron chi connectivity index (χ1n) is 8.26. The van der Waals surface area contributed by atoms with Crippen molar-refractivity contribution in [3.63, 3.8) is 0 Å². The Balaban J connectivity index is 1.53. The van der Waals surface area contributed by atoms with Gasteiger partial charge >= 0.3 is 0 Å². The van der Waals surface area contributed by atoms with E-state index in [2.05, 4.69) is 10.2 Å². The number of aryl methyl sites for hydroxylation is 3. The van der Waals surface area contributed by atoms with Crippen LogP contribution in [0.2, 0.25) is 0 Å². The second-order valence-corrected chi connectivity index (χ2v) is 7.00. The van der Waals surface area contributed by atoms with E-state index in [4.69, 9.17) is 9.15 Å². The van der Waals surface area contributed by atoms with Crippen LogP contribution in [0.1, 0.15) is 32.9 Å². The lowest BCUT2D eigenvalue weighted by Crippen LogP contribution is -2.03. The van der Waals surface area contributed by atoms with Crippen molar-refractivity contribution in [1.82, 2.24) is 10.2 Å². The number of rotatable bonds is 7. The Morgan fingerprint density at radius 1 is 1.08 bits per heavy atom. The van der Waals surface area contributed by atoms with Gasteiger partial charge in [0.2, 0.25) is 0 Å². The Bertz CT molecular complexity index is 921. The van der Waals surface area contributed by atoms with Crippen molar-refractivity contribution in [2.24, 2.45) is 0 Å². The molecule has 0 bridgehead atoms. The molecule has 0 saturated heterocycles. The van der Waals surface area contributed by atoms with E-state index in [0.29, 0.717) is 16.7 Å². The fourth-order valence-corrected chi connectivity index (χ4v) is 3.01. The largest absolute Gasteiger partial charge is 0.484 e. The van der Waals surface area contributed by atoms with Gasteiger partial charge in [0.25, 0.3) is 11.1 Å². The van der Waals surface area contributed by atoms with Gasteiger partial charge in [0.15, 0.2) is 12.4 Å². The monoisotopic (exact) mass is 368 g/mol. The highest BCUT2D eigenvalue weighted by Crippen LogP contribution is 2.20. The first kappa shape index (κ1) is 18.2. The molecule has 0 spiro atoms. The minimum atomic E-state index is 0.0360. The molecular weight excluding hydrogens is 348 g/mol. The van der Waals surface area contributed by atoms with Crippen molar-refractivity contribution >= 4 is 17.5 Å². The molecule has 134 valence electrons. The number of aromatic nitrogens is 2. The highest BCUT2D eigenvalue weighted by atomic mass is 32.2. The number of benzene rings is 2. The number of hydrogen-bond acceptors (Lipinski definition) is 6. The summed E-state index contributed by atoms with van der Waals surface area (Å²) in [4.78, 5) is 12.3. The summed E-state index contributed by atoms with van der Waals surface area (Å²) in [6, 6.07) is 13.5. The fourth-order valence-electron chi connectivity index (χ4n) is 2.33. The molecule has 0 aliphatic heterocycles. The number of thioether (sulfide) groups is 1. The van der Waals surface area contributed by atoms with Gasteiger partial charge in [0, 0.05) is 5.56 Å². The van der Waals surface area contributed by atoms with Gasteiger partial charge in [-0.25, -0.2) is 0 Å². The van der Waals surface area contributed by atoms with Crippen LogP contribution < -0.4 is 4.74 Å². The number of Topliss-reactive ketones (excluding diaryl/α,β-unsaturated/α-hetero) is 1. The maximum Gasteiger partial charge on any atom is 0.277 e. The van der Waals surface area contributed by atoms with Crippen LogP contribution in [-0.2, 0) is 6.61 Å². The number of ether oxygens (including phenoxy) is 1. The molecule has 3 aromatic rings. The highest BCUT2D eigenvalue weighted by molar-refractivity contribution is 7.99. The zero-order valence-corrected chi connectivity index (χ0v) is 15.8. The van der Waals surface area contributed by atoms with Gasteiger partial charge in [-0.05, 0) is 55.7 Å². The fraction of sp³-hybridized carbons (Fsp3) is 0.250. The van der Waals surface area contributed by atoms with E-state index in [1.54, 1.807) is 0 Å². The summed E-state index contributed by atoms with van der Waals surface area (Å²) in [5, 5.41) is 8.28. The van der Waals surface area contributed by atoms with Gasteiger partial charge in [-0.3, -0.25) is 4.79 Å². The molecule has 2 aromatic carbocycles. The summed E-state index contributed by atoms with van der Waals surface area (Å²) < 4.78 is 11.2. The van der Waals surface area contributed by atoms with Crippen molar-refractivity contribution < 1.29 is 13.9 Å². The molecule has 0 fully saturated rings. The van der Waals surface area contributed by atoms with Gasteiger partial charge in [0.05, 0.1) is 5.75 Å². The Morgan fingerprint density at radius 3 is 2.69 bits per heavy atom. The molecule has 5 nitrogen and oxygen atoms in total. The van der Waals surface area contributed by atoms with Gasteiger partial charge in [-0.15, -0.1) is 10.2 Å². The molecule has 0 saturated carbocycles. The van der Waals surface area contributed by atoms with E-state index in [-0.39, 0.29) is 18.1 Å². The predicted molar refractivity (Wildman–Crippen MR) is 101 cm³/mol. The van der Waals surface area contributed by atoms with E-state index >= 15 is 0 Å². The summed E-state index contributed by atoms with van der Waals surface area (Å²) >= 11 is 1.23. The van der Waals surface area contributed by atoms with Gasteiger partial charge < -0.3 is 9.15 Å². The normalized spacial score (nSPS) is 10.7. The number of carbonyl (C=O) groups excluding carboxylic acids is 1. The van der Waals surface area contributed by atoms with E-state index in [0.717, 1.165) is 16.9 Å². The lowest BCUT2D eigenvalue weighted by atomic mass is 10.0. The van der Waals surface area contributed by atoms with Crippen molar-refractivity contribution in [1.29, 1.82) is 0 Å². The van der Waals surface area contributed by atoms with Crippen molar-refractivity contribution in [3.05, 3.63) is 70.6 Å². The molecule has 0 N–H and O–H groups in total.